The van der Waals surface area contributed by atoms with E-state index in [1.165, 1.54) is 73.5 Å². The Labute approximate surface area is 417 Å². The van der Waals surface area contributed by atoms with Crippen LogP contribution in [0.2, 0.25) is 0 Å². The molecule has 0 spiro atoms. The first kappa shape index (κ1) is 44.7. The lowest BCUT2D eigenvalue weighted by Gasteiger charge is -2.49. The predicted octanol–water partition coefficient (Wildman–Crippen LogP) is 16.3. The molecule has 2 aliphatic heterocycles. The van der Waals surface area contributed by atoms with Crippen molar-refractivity contribution in [1.29, 1.82) is 0 Å². The minimum atomic E-state index is -0.167. The third kappa shape index (κ3) is 6.70. The van der Waals surface area contributed by atoms with Crippen LogP contribution in [0.3, 0.4) is 0 Å². The van der Waals surface area contributed by atoms with Gasteiger partial charge in [0.2, 0.25) is 0 Å². The number of para-hydroxylation sites is 3. The van der Waals surface area contributed by atoms with Crippen LogP contribution < -0.4 is 31.3 Å². The highest BCUT2D eigenvalue weighted by Crippen LogP contribution is 2.56. The summed E-state index contributed by atoms with van der Waals surface area (Å²) in [5.41, 5.74) is 23.5. The van der Waals surface area contributed by atoms with Gasteiger partial charge in [0.1, 0.15) is 5.58 Å². The Morgan fingerprint density at radius 2 is 1.09 bits per heavy atom. The number of rotatable bonds is 5. The van der Waals surface area contributed by atoms with Crippen molar-refractivity contribution in [3.8, 4) is 0 Å². The van der Waals surface area contributed by atoms with Crippen LogP contribution in [-0.4, -0.2) is 6.71 Å². The molecule has 4 aliphatic rings. The third-order valence-electron chi connectivity index (χ3n) is 17.2. The molecule has 0 radical (unpaired) electrons. The van der Waals surface area contributed by atoms with Crippen LogP contribution in [0.25, 0.3) is 11.0 Å². The summed E-state index contributed by atoms with van der Waals surface area (Å²) in [6, 6.07) is 55.3. The highest BCUT2D eigenvalue weighted by atomic mass is 16.3. The van der Waals surface area contributed by atoms with Crippen molar-refractivity contribution in [2.75, 3.05) is 14.7 Å². The van der Waals surface area contributed by atoms with E-state index in [0.29, 0.717) is 0 Å². The SMILES string of the molecule is Cc1cc(C(C)(C)C)ccc1N1c2cc(N(c3ccccc3)c3ccccc3)cc3c2B(c2ccc4c(c2N3c2ccc3c(c2)C(C)(C)CCC3(C)C)C(C)(C)CCC4(C)C)c2oc3ccccc3c21. The molecule has 2 aliphatic carbocycles. The van der Waals surface area contributed by atoms with Gasteiger partial charge in [0.05, 0.1) is 17.0 Å². The molecule has 0 saturated carbocycles. The van der Waals surface area contributed by atoms with E-state index in [9.17, 15) is 0 Å². The Morgan fingerprint density at radius 1 is 0.514 bits per heavy atom. The van der Waals surface area contributed by atoms with Crippen molar-refractivity contribution < 1.29 is 4.42 Å². The van der Waals surface area contributed by atoms with Crippen molar-refractivity contribution >= 4 is 85.5 Å². The molecule has 3 heterocycles. The first-order valence-corrected chi connectivity index (χ1v) is 25.9. The normalized spacial score (nSPS) is 17.9. The number of hydrogen-bond donors (Lipinski definition) is 0. The van der Waals surface area contributed by atoms with Gasteiger partial charge in [-0.25, -0.2) is 0 Å². The van der Waals surface area contributed by atoms with Crippen LogP contribution in [0.4, 0.5) is 51.2 Å². The lowest BCUT2D eigenvalue weighted by Crippen LogP contribution is -2.61. The molecule has 0 N–H and O–H groups in total. The van der Waals surface area contributed by atoms with Gasteiger partial charge in [-0.1, -0.05) is 155 Å². The van der Waals surface area contributed by atoms with Gasteiger partial charge >= 0.3 is 0 Å². The van der Waals surface area contributed by atoms with Gasteiger partial charge in [0, 0.05) is 45.2 Å². The van der Waals surface area contributed by atoms with Crippen LogP contribution in [0, 0.1) is 6.92 Å². The number of hydrogen-bond acceptors (Lipinski definition) is 4. The summed E-state index contributed by atoms with van der Waals surface area (Å²) in [5, 5.41) is 1.13. The van der Waals surface area contributed by atoms with Crippen molar-refractivity contribution in [3.63, 3.8) is 0 Å². The molecule has 12 rings (SSSR count). The lowest BCUT2D eigenvalue weighted by atomic mass is 9.35. The van der Waals surface area contributed by atoms with E-state index in [2.05, 4.69) is 243 Å². The number of furan rings is 1. The molecule has 0 unspecified atom stereocenters. The van der Waals surface area contributed by atoms with Gasteiger partial charge in [0.15, 0.2) is 0 Å². The molecule has 1 aromatic heterocycles. The lowest BCUT2D eigenvalue weighted by molar-refractivity contribution is 0.331. The summed E-state index contributed by atoms with van der Waals surface area (Å²) in [7, 11) is 0. The molecular formula is C65H68BN3O. The van der Waals surface area contributed by atoms with Crippen LogP contribution in [0.1, 0.15) is 135 Å². The second-order valence-corrected chi connectivity index (χ2v) is 24.8. The number of fused-ring (bicyclic) bond motifs is 9. The van der Waals surface area contributed by atoms with Crippen LogP contribution in [0.15, 0.2) is 150 Å². The average molecular weight is 918 g/mol. The number of anilines is 9. The molecule has 4 nitrogen and oxygen atoms in total. The number of aryl methyl sites for hydroxylation is 1. The smallest absolute Gasteiger partial charge is 0.297 e. The van der Waals surface area contributed by atoms with E-state index >= 15 is 0 Å². The van der Waals surface area contributed by atoms with Gasteiger partial charge in [-0.05, 0) is 171 Å². The second kappa shape index (κ2) is 15.3. The summed E-state index contributed by atoms with van der Waals surface area (Å²) in [5.74, 6) is 0. The zero-order valence-corrected chi connectivity index (χ0v) is 43.5. The summed E-state index contributed by atoms with van der Waals surface area (Å²) >= 11 is 0. The molecule has 352 valence electrons. The van der Waals surface area contributed by atoms with Gasteiger partial charge in [-0.2, -0.15) is 0 Å². The van der Waals surface area contributed by atoms with Gasteiger partial charge in [-0.3, -0.25) is 0 Å². The fourth-order valence-corrected chi connectivity index (χ4v) is 13.0. The standard InChI is InChI=1S/C65H68BN3O/c1-41-37-42(61(2,3)4)27-32-52(41)69-54-40-46(67(43-21-15-13-16-22-43)44-23-17-14-18-24-44)39-53-57(54)66(60-58(69)47-25-19-20-26-55(47)70-60)51-31-30-49-56(65(11,12)36-35-63(49,7)8)59(51)68(53)45-28-29-48-50(38-45)64(9,10)34-33-62(48,5)6/h13-32,37-40H,33-36H2,1-12H3. The minimum absolute atomic E-state index is 0.000913. The van der Waals surface area contributed by atoms with E-state index < -0.39 is 0 Å². The quantitative estimate of drug-likeness (QED) is 0.160. The van der Waals surface area contributed by atoms with Gasteiger partial charge in [-0.15, -0.1) is 0 Å². The van der Waals surface area contributed by atoms with Crippen molar-refractivity contribution in [2.24, 2.45) is 0 Å². The Bertz CT molecular complexity index is 3370. The maximum absolute atomic E-state index is 7.41. The number of nitrogens with zero attached hydrogens (tertiary/aromatic N) is 3. The summed E-state index contributed by atoms with van der Waals surface area (Å²) < 4.78 is 7.41. The summed E-state index contributed by atoms with van der Waals surface area (Å²) in [4.78, 5) is 7.76. The minimum Gasteiger partial charge on any atom is -0.468 e. The van der Waals surface area contributed by atoms with Crippen LogP contribution in [-0.2, 0) is 27.1 Å². The monoisotopic (exact) mass is 918 g/mol. The van der Waals surface area contributed by atoms with Crippen LogP contribution >= 0.6 is 0 Å². The van der Waals surface area contributed by atoms with Crippen molar-refractivity contribution in [2.45, 2.75) is 136 Å². The molecular weight excluding hydrogens is 850 g/mol. The highest BCUT2D eigenvalue weighted by molar-refractivity contribution is 7.00. The zero-order chi connectivity index (χ0) is 48.9. The molecule has 8 aromatic rings. The average Bonchev–Trinajstić information content (AvgIpc) is 3.71. The molecule has 0 bridgehead atoms. The second-order valence-electron chi connectivity index (χ2n) is 24.8. The van der Waals surface area contributed by atoms with Crippen molar-refractivity contribution in [1.82, 2.24) is 0 Å². The fourth-order valence-electron chi connectivity index (χ4n) is 13.0. The van der Waals surface area contributed by atoms with Crippen molar-refractivity contribution in [3.05, 3.63) is 179 Å². The molecule has 70 heavy (non-hydrogen) atoms. The molecule has 0 atom stereocenters. The van der Waals surface area contributed by atoms with Gasteiger partial charge < -0.3 is 19.1 Å². The Morgan fingerprint density at radius 3 is 1.73 bits per heavy atom. The molecule has 0 amide bonds. The Hall–Kier alpha value is -6.46. The Kier molecular flexibility index (Phi) is 9.76. The van der Waals surface area contributed by atoms with E-state index in [-0.39, 0.29) is 33.8 Å². The first-order valence-electron chi connectivity index (χ1n) is 25.9. The molecule has 5 heteroatoms. The Balaban J connectivity index is 1.27. The topological polar surface area (TPSA) is 22.9 Å². The van der Waals surface area contributed by atoms with Crippen LogP contribution in [0.5, 0.6) is 0 Å². The third-order valence-corrected chi connectivity index (χ3v) is 17.2. The van der Waals surface area contributed by atoms with E-state index in [0.717, 1.165) is 64.3 Å². The van der Waals surface area contributed by atoms with Gasteiger partial charge in [0.25, 0.3) is 6.71 Å². The van der Waals surface area contributed by atoms with E-state index in [1.54, 1.807) is 0 Å². The fraction of sp³-hybridized carbons (Fsp3) is 0.323. The largest absolute Gasteiger partial charge is 0.468 e. The maximum atomic E-state index is 7.41. The maximum Gasteiger partial charge on any atom is 0.297 e. The molecule has 0 saturated heterocycles. The molecule has 0 fully saturated rings. The highest BCUT2D eigenvalue weighted by Gasteiger charge is 2.51. The summed E-state index contributed by atoms with van der Waals surface area (Å²) in [6.07, 6.45) is 4.57. The first-order chi connectivity index (χ1) is 33.2. The number of benzene rings is 7. The summed E-state index contributed by atoms with van der Waals surface area (Å²) in [6.45, 7) is 28.8. The predicted molar refractivity (Wildman–Crippen MR) is 299 cm³/mol. The van der Waals surface area contributed by atoms with E-state index in [1.807, 2.05) is 0 Å². The van der Waals surface area contributed by atoms with E-state index in [4.69, 9.17) is 4.42 Å². The molecule has 7 aromatic carbocycles. The zero-order valence-electron chi connectivity index (χ0n) is 43.5.